The Hall–Kier alpha value is -6.33. The number of methoxy groups -OCH3 is 2. The zero-order valence-electron chi connectivity index (χ0n) is 38.1. The molecule has 0 saturated carbocycles. The van der Waals surface area contributed by atoms with Crippen molar-refractivity contribution in [1.29, 1.82) is 0 Å². The van der Waals surface area contributed by atoms with Gasteiger partial charge in [0.25, 0.3) is 0 Å². The second kappa shape index (κ2) is 20.0. The van der Waals surface area contributed by atoms with E-state index in [1.165, 1.54) is 38.5 Å². The van der Waals surface area contributed by atoms with Gasteiger partial charge in [-0.15, -0.1) is 26.3 Å². The van der Waals surface area contributed by atoms with E-state index in [2.05, 4.69) is 9.47 Å². The highest BCUT2D eigenvalue weighted by molar-refractivity contribution is 5.92. The molecule has 0 bridgehead atoms. The summed E-state index contributed by atoms with van der Waals surface area (Å²) in [5.74, 6) is 0.557. The summed E-state index contributed by atoms with van der Waals surface area (Å²) in [5.41, 5.74) is 8.03. The van der Waals surface area contributed by atoms with Crippen molar-refractivity contribution in [2.24, 2.45) is 0 Å². The largest absolute Gasteiger partial charge is 0.573 e. The highest BCUT2D eigenvalue weighted by Gasteiger charge is 2.33. The minimum atomic E-state index is -4.85. The average Bonchev–Trinajstić information content (AvgIpc) is 3.23. The van der Waals surface area contributed by atoms with E-state index in [1.807, 2.05) is 67.5 Å². The fraction of sp³-hybridized carbons (Fsp3) is 0.367. The molecule has 0 amide bonds. The topological polar surface area (TPSA) is 117 Å². The Bertz CT molecular complexity index is 2540. The first kappa shape index (κ1) is 49.1. The molecule has 66 heavy (non-hydrogen) atoms. The molecule has 11 nitrogen and oxygen atoms in total. The van der Waals surface area contributed by atoms with E-state index in [0.29, 0.717) is 79.5 Å². The van der Waals surface area contributed by atoms with Gasteiger partial charge in [-0.2, -0.15) is 0 Å². The highest BCUT2D eigenvalue weighted by atomic mass is 19.4. The number of rotatable bonds is 16. The maximum Gasteiger partial charge on any atom is 0.573 e. The third-order valence-corrected chi connectivity index (χ3v) is 11.1. The molecule has 2 atom stereocenters. The number of halogens is 6. The first-order valence-electron chi connectivity index (χ1n) is 21.0. The van der Waals surface area contributed by atoms with Crippen LogP contribution < -0.4 is 18.9 Å². The van der Waals surface area contributed by atoms with Gasteiger partial charge in [-0.05, 0) is 137 Å². The number of alkyl halides is 6. The van der Waals surface area contributed by atoms with Gasteiger partial charge < -0.3 is 37.9 Å². The summed E-state index contributed by atoms with van der Waals surface area (Å²) < 4.78 is 121. The van der Waals surface area contributed by atoms with Crippen LogP contribution in [0, 0.1) is 41.5 Å². The van der Waals surface area contributed by atoms with E-state index in [4.69, 9.17) is 38.4 Å². The van der Waals surface area contributed by atoms with Crippen molar-refractivity contribution in [3.05, 3.63) is 117 Å². The molecular weight excluding hydrogens is 875 g/mol. The number of aryl methyl sites for hydroxylation is 6. The lowest BCUT2D eigenvalue weighted by atomic mass is 9.92. The molecule has 6 rings (SSSR count). The van der Waals surface area contributed by atoms with Gasteiger partial charge in [-0.1, -0.05) is 13.8 Å². The van der Waals surface area contributed by atoms with Gasteiger partial charge in [0.2, 0.25) is 0 Å². The van der Waals surface area contributed by atoms with E-state index >= 15 is 0 Å². The fourth-order valence-corrected chi connectivity index (χ4v) is 8.27. The van der Waals surface area contributed by atoms with Crippen molar-refractivity contribution in [3.63, 3.8) is 0 Å². The number of aromatic nitrogens is 2. The fourth-order valence-electron chi connectivity index (χ4n) is 8.27. The predicted octanol–water partition coefficient (Wildman–Crippen LogP) is 13.4. The van der Waals surface area contributed by atoms with Gasteiger partial charge in [-0.3, -0.25) is 9.97 Å². The molecule has 0 aliphatic carbocycles. The van der Waals surface area contributed by atoms with Crippen molar-refractivity contribution in [3.8, 4) is 34.5 Å². The van der Waals surface area contributed by atoms with Crippen LogP contribution in [-0.4, -0.2) is 56.3 Å². The Kier molecular flexibility index (Phi) is 14.9. The first-order valence-corrected chi connectivity index (χ1v) is 21.0. The number of hydrogen-bond donors (Lipinski definition) is 0. The molecule has 0 aliphatic heterocycles. The Morgan fingerprint density at radius 3 is 1.18 bits per heavy atom. The van der Waals surface area contributed by atoms with E-state index in [0.717, 1.165) is 46.8 Å². The van der Waals surface area contributed by atoms with Crippen molar-refractivity contribution >= 4 is 28.0 Å². The van der Waals surface area contributed by atoms with Gasteiger partial charge in [-0.25, -0.2) is 4.79 Å². The molecule has 0 N–H and O–H groups in total. The molecule has 0 radical (unpaired) electrons. The Labute approximate surface area is 377 Å². The number of hydrogen-bond acceptors (Lipinski definition) is 11. The number of ether oxygens (including phenoxy) is 8. The van der Waals surface area contributed by atoms with Crippen LogP contribution in [0.2, 0.25) is 0 Å². The number of nitrogens with zero attached hydrogens (tertiary/aromatic N) is 2. The lowest BCUT2D eigenvalue weighted by Crippen LogP contribution is -2.23. The number of pyridine rings is 2. The van der Waals surface area contributed by atoms with Crippen LogP contribution >= 0.6 is 0 Å². The molecule has 2 unspecified atom stereocenters. The number of carbonyl (C=O) groups is 1. The molecular formula is C49H50F6N2O9. The molecule has 6 aromatic rings. The van der Waals surface area contributed by atoms with Gasteiger partial charge in [0.1, 0.15) is 34.5 Å². The monoisotopic (exact) mass is 924 g/mol. The minimum absolute atomic E-state index is 0.0864. The van der Waals surface area contributed by atoms with E-state index in [-0.39, 0.29) is 24.7 Å². The lowest BCUT2D eigenvalue weighted by Gasteiger charge is -2.27. The smallest absolute Gasteiger partial charge is 0.457 e. The average molecular weight is 925 g/mol. The molecule has 2 heterocycles. The Morgan fingerprint density at radius 1 is 0.545 bits per heavy atom. The van der Waals surface area contributed by atoms with Gasteiger partial charge in [0, 0.05) is 58.6 Å². The summed E-state index contributed by atoms with van der Waals surface area (Å²) in [5, 5.41) is 1.24. The van der Waals surface area contributed by atoms with Crippen molar-refractivity contribution in [1.82, 2.24) is 9.97 Å². The van der Waals surface area contributed by atoms with Crippen LogP contribution in [0.15, 0.2) is 60.7 Å². The summed E-state index contributed by atoms with van der Waals surface area (Å²) in [7, 11) is 2.95. The minimum Gasteiger partial charge on any atom is -0.457 e. The summed E-state index contributed by atoms with van der Waals surface area (Å²) in [4.78, 5) is 24.2. The molecule has 0 fully saturated rings. The standard InChI is InChI=1S/C49H50F6N2O9/c1-11-35-27(5)43(41-29(7)45(25(3)21-37(41)56-35)61-31-13-17-33(18-14-31)65-48(50,51)52)39(23-59-9)63-47(58)64-40(24-60-10)44-28(6)36(12-2)57-38-22-26(4)46(30(8)42(38)44)62-32-15-19-34(20-16-32)66-49(53,54)55/h13-22,39-40H,11-12,23-24H2,1-10H3. The molecule has 4 aromatic carbocycles. The summed E-state index contributed by atoms with van der Waals surface area (Å²) in [6.07, 6.45) is -11.7. The van der Waals surface area contributed by atoms with Crippen LogP contribution in [-0.2, 0) is 31.8 Å². The summed E-state index contributed by atoms with van der Waals surface area (Å²) >= 11 is 0. The quantitative estimate of drug-likeness (QED) is 0.0682. The molecule has 0 aliphatic rings. The summed E-state index contributed by atoms with van der Waals surface area (Å²) in [6, 6.07) is 13.7. The molecule has 352 valence electrons. The van der Waals surface area contributed by atoms with Gasteiger partial charge in [0.05, 0.1) is 24.2 Å². The van der Waals surface area contributed by atoms with Crippen molar-refractivity contribution < 1.29 is 69.0 Å². The molecule has 0 saturated heterocycles. The maximum atomic E-state index is 14.3. The van der Waals surface area contributed by atoms with Crippen LogP contribution in [0.3, 0.4) is 0 Å². The third kappa shape index (κ3) is 11.0. The van der Waals surface area contributed by atoms with E-state index in [9.17, 15) is 31.1 Å². The summed E-state index contributed by atoms with van der Waals surface area (Å²) in [6.45, 7) is 14.8. The zero-order valence-corrected chi connectivity index (χ0v) is 38.1. The highest BCUT2D eigenvalue weighted by Crippen LogP contribution is 2.43. The zero-order chi connectivity index (χ0) is 48.2. The maximum absolute atomic E-state index is 14.3. The van der Waals surface area contributed by atoms with Crippen LogP contribution in [0.5, 0.6) is 34.5 Å². The predicted molar refractivity (Wildman–Crippen MR) is 234 cm³/mol. The second-order valence-corrected chi connectivity index (χ2v) is 15.6. The normalized spacial score (nSPS) is 12.8. The molecule has 17 heteroatoms. The van der Waals surface area contributed by atoms with E-state index in [1.54, 1.807) is 0 Å². The SMILES string of the molecule is CCc1nc2cc(C)c(Oc3ccc(OC(F)(F)F)cc3)c(C)c2c(C(COC)OC(=O)OC(COC)c2c(C)c(CC)nc3cc(C)c(Oc4ccc(OC(F)(F)F)cc4)c(C)c23)c1C. The molecule has 2 aromatic heterocycles. The number of benzene rings is 4. The van der Waals surface area contributed by atoms with Crippen LogP contribution in [0.25, 0.3) is 21.8 Å². The third-order valence-electron chi connectivity index (χ3n) is 11.1. The van der Waals surface area contributed by atoms with Crippen molar-refractivity contribution in [2.75, 3.05) is 27.4 Å². The second-order valence-electron chi connectivity index (χ2n) is 15.6. The lowest BCUT2D eigenvalue weighted by molar-refractivity contribution is -0.275. The van der Waals surface area contributed by atoms with Gasteiger partial charge >= 0.3 is 18.9 Å². The van der Waals surface area contributed by atoms with Gasteiger partial charge in [0.15, 0.2) is 12.2 Å². The van der Waals surface area contributed by atoms with E-state index < -0.39 is 42.6 Å². The van der Waals surface area contributed by atoms with Crippen LogP contribution in [0.1, 0.15) is 82.0 Å². The number of carbonyl (C=O) groups excluding carboxylic acids is 1. The molecule has 0 spiro atoms. The Morgan fingerprint density at radius 2 is 0.879 bits per heavy atom. The Balaban J connectivity index is 1.39. The van der Waals surface area contributed by atoms with Crippen molar-refractivity contribution in [2.45, 2.75) is 93.2 Å². The first-order chi connectivity index (χ1) is 31.2. The number of fused-ring (bicyclic) bond motifs is 2. The van der Waals surface area contributed by atoms with Crippen LogP contribution in [0.4, 0.5) is 31.1 Å².